The van der Waals surface area contributed by atoms with E-state index in [2.05, 4.69) is 10.1 Å². The van der Waals surface area contributed by atoms with Gasteiger partial charge in [0, 0.05) is 24.8 Å². The number of alkyl halides is 3. The Kier molecular flexibility index (Phi) is 4.09. The van der Waals surface area contributed by atoms with Crippen LogP contribution in [0, 0.1) is 0 Å². The summed E-state index contributed by atoms with van der Waals surface area (Å²) in [5.41, 5.74) is -1.38. The average Bonchev–Trinajstić information content (AvgIpc) is 3.07. The van der Waals surface area contributed by atoms with E-state index < -0.39 is 32.3 Å². The van der Waals surface area contributed by atoms with E-state index in [1.807, 2.05) is 0 Å². The van der Waals surface area contributed by atoms with Crippen molar-refractivity contribution in [3.63, 3.8) is 0 Å². The van der Waals surface area contributed by atoms with E-state index in [1.165, 1.54) is 43.0 Å². The third-order valence-electron chi connectivity index (χ3n) is 3.43. The molecule has 3 rings (SSSR count). The predicted octanol–water partition coefficient (Wildman–Crippen LogP) is 2.60. The van der Waals surface area contributed by atoms with Gasteiger partial charge in [0.15, 0.2) is 0 Å². The summed E-state index contributed by atoms with van der Waals surface area (Å²) in [5, 5.41) is 8.90. The minimum absolute atomic E-state index is 0.0506. The van der Waals surface area contributed by atoms with Crippen LogP contribution in [0.1, 0.15) is 5.56 Å². The van der Waals surface area contributed by atoms with Crippen molar-refractivity contribution in [2.45, 2.75) is 11.1 Å². The number of nitrogens with two attached hydrogens (primary N) is 1. The quantitative estimate of drug-likeness (QED) is 0.769. The van der Waals surface area contributed by atoms with E-state index in [-0.39, 0.29) is 5.56 Å². The van der Waals surface area contributed by atoms with Crippen molar-refractivity contribution in [3.05, 3.63) is 60.7 Å². The molecule has 0 spiro atoms. The van der Waals surface area contributed by atoms with Crippen LogP contribution < -0.4 is 5.14 Å². The van der Waals surface area contributed by atoms with Crippen molar-refractivity contribution in [1.29, 1.82) is 0 Å². The number of benzene rings is 1. The number of pyridine rings is 1. The molecule has 0 amide bonds. The van der Waals surface area contributed by atoms with Gasteiger partial charge in [0.25, 0.3) is 0 Å². The number of hydrogen-bond acceptors (Lipinski definition) is 4. The highest BCUT2D eigenvalue weighted by molar-refractivity contribution is 7.89. The fraction of sp³-hybridized carbons (Fsp3) is 0.0667. The summed E-state index contributed by atoms with van der Waals surface area (Å²) in [4.78, 5) is 3.12. The second-order valence-corrected chi connectivity index (χ2v) is 6.63. The average molecular weight is 368 g/mol. The molecule has 0 unspecified atom stereocenters. The molecule has 6 nitrogen and oxygen atoms in total. The molecular weight excluding hydrogens is 357 g/mol. The molecular formula is C15H11F3N4O2S. The van der Waals surface area contributed by atoms with Gasteiger partial charge in [-0.05, 0) is 41.5 Å². The fourth-order valence-electron chi connectivity index (χ4n) is 2.39. The molecule has 0 atom stereocenters. The molecule has 2 aromatic heterocycles. The van der Waals surface area contributed by atoms with Gasteiger partial charge in [0.1, 0.15) is 4.90 Å². The number of primary sulfonamides is 1. The molecule has 3 aromatic rings. The lowest BCUT2D eigenvalue weighted by Gasteiger charge is -2.18. The van der Waals surface area contributed by atoms with Gasteiger partial charge in [0.2, 0.25) is 10.0 Å². The van der Waals surface area contributed by atoms with Crippen LogP contribution in [0.2, 0.25) is 0 Å². The van der Waals surface area contributed by atoms with Crippen LogP contribution in [0.5, 0.6) is 0 Å². The van der Waals surface area contributed by atoms with Gasteiger partial charge in [-0.2, -0.15) is 18.3 Å². The van der Waals surface area contributed by atoms with E-state index in [0.717, 1.165) is 16.8 Å². The van der Waals surface area contributed by atoms with Crippen LogP contribution in [-0.2, 0) is 16.2 Å². The van der Waals surface area contributed by atoms with Crippen molar-refractivity contribution in [1.82, 2.24) is 14.8 Å². The molecule has 25 heavy (non-hydrogen) atoms. The Balaban J connectivity index is 2.42. The van der Waals surface area contributed by atoms with Crippen LogP contribution in [-0.4, -0.2) is 23.2 Å². The minimum atomic E-state index is -4.82. The summed E-state index contributed by atoms with van der Waals surface area (Å²) in [6.45, 7) is 0. The van der Waals surface area contributed by atoms with Gasteiger partial charge >= 0.3 is 6.18 Å². The Hall–Kier alpha value is -2.72. The summed E-state index contributed by atoms with van der Waals surface area (Å²) in [7, 11) is -4.45. The highest BCUT2D eigenvalue weighted by atomic mass is 32.2. The monoisotopic (exact) mass is 368 g/mol. The Labute approximate surface area is 140 Å². The zero-order chi connectivity index (χ0) is 18.2. The number of sulfonamides is 1. The topological polar surface area (TPSA) is 90.9 Å². The third-order valence-corrected chi connectivity index (χ3v) is 4.36. The number of nitrogens with zero attached hydrogens (tertiary/aromatic N) is 3. The summed E-state index contributed by atoms with van der Waals surface area (Å²) >= 11 is 0. The molecule has 10 heteroatoms. The van der Waals surface area contributed by atoms with Crippen LogP contribution in [0.4, 0.5) is 13.2 Å². The van der Waals surface area contributed by atoms with Crippen LogP contribution in [0.3, 0.4) is 0 Å². The van der Waals surface area contributed by atoms with Crippen molar-refractivity contribution in [3.8, 4) is 16.8 Å². The zero-order valence-electron chi connectivity index (χ0n) is 12.5. The van der Waals surface area contributed by atoms with Crippen LogP contribution >= 0.6 is 0 Å². The Morgan fingerprint density at radius 2 is 1.72 bits per heavy atom. The molecule has 0 radical (unpaired) electrons. The lowest BCUT2D eigenvalue weighted by atomic mass is 10.0. The molecule has 0 saturated carbocycles. The summed E-state index contributed by atoms with van der Waals surface area (Å²) < 4.78 is 65.6. The van der Waals surface area contributed by atoms with E-state index in [9.17, 15) is 21.6 Å². The molecule has 130 valence electrons. The normalized spacial score (nSPS) is 12.3. The highest BCUT2D eigenvalue weighted by Gasteiger charge is 2.37. The Bertz CT molecular complexity index is 1000. The molecule has 2 N–H and O–H groups in total. The largest absolute Gasteiger partial charge is 0.418 e. The second kappa shape index (κ2) is 5.97. The first-order valence-corrected chi connectivity index (χ1v) is 8.41. The van der Waals surface area contributed by atoms with Gasteiger partial charge in [-0.1, -0.05) is 0 Å². The Morgan fingerprint density at radius 1 is 1.04 bits per heavy atom. The highest BCUT2D eigenvalue weighted by Crippen LogP contribution is 2.39. The Morgan fingerprint density at radius 3 is 2.24 bits per heavy atom. The number of halogens is 3. The third kappa shape index (κ3) is 3.39. The molecule has 0 aliphatic carbocycles. The molecule has 1 aromatic carbocycles. The van der Waals surface area contributed by atoms with Gasteiger partial charge in [-0.3, -0.25) is 4.98 Å². The lowest BCUT2D eigenvalue weighted by molar-refractivity contribution is -0.137. The maximum Gasteiger partial charge on any atom is 0.418 e. The van der Waals surface area contributed by atoms with Gasteiger partial charge < -0.3 is 0 Å². The molecule has 2 heterocycles. The van der Waals surface area contributed by atoms with Crippen LogP contribution in [0.15, 0.2) is 60.0 Å². The molecule has 0 fully saturated rings. The zero-order valence-corrected chi connectivity index (χ0v) is 13.3. The van der Waals surface area contributed by atoms with E-state index in [4.69, 9.17) is 5.14 Å². The first-order valence-electron chi connectivity index (χ1n) is 6.86. The number of aromatic nitrogens is 3. The van der Waals surface area contributed by atoms with E-state index in [0.29, 0.717) is 5.56 Å². The molecule has 0 aliphatic rings. The van der Waals surface area contributed by atoms with Gasteiger partial charge in [0.05, 0.1) is 11.3 Å². The molecule has 0 saturated heterocycles. The molecule has 0 bridgehead atoms. The van der Waals surface area contributed by atoms with Crippen molar-refractivity contribution in [2.24, 2.45) is 5.14 Å². The maximum atomic E-state index is 13.6. The number of rotatable bonds is 3. The smallest absolute Gasteiger partial charge is 0.265 e. The summed E-state index contributed by atoms with van der Waals surface area (Å²) in [6, 6.07) is 6.27. The van der Waals surface area contributed by atoms with E-state index >= 15 is 0 Å². The van der Waals surface area contributed by atoms with Crippen molar-refractivity contribution >= 4 is 10.0 Å². The van der Waals surface area contributed by atoms with E-state index in [1.54, 1.807) is 0 Å². The van der Waals surface area contributed by atoms with Crippen molar-refractivity contribution in [2.75, 3.05) is 0 Å². The summed E-state index contributed by atoms with van der Waals surface area (Å²) in [6.07, 6.45) is 0.417. The van der Waals surface area contributed by atoms with Crippen molar-refractivity contribution < 1.29 is 21.6 Å². The van der Waals surface area contributed by atoms with Gasteiger partial charge in [-0.25, -0.2) is 18.2 Å². The first kappa shape index (κ1) is 17.1. The second-order valence-electron chi connectivity index (χ2n) is 5.10. The number of hydrogen-bond donors (Lipinski definition) is 1. The fourth-order valence-corrected chi connectivity index (χ4v) is 3.15. The van der Waals surface area contributed by atoms with Crippen LogP contribution in [0.25, 0.3) is 16.8 Å². The molecule has 0 aliphatic heterocycles. The predicted molar refractivity (Wildman–Crippen MR) is 83.2 cm³/mol. The lowest BCUT2D eigenvalue weighted by Crippen LogP contribution is -2.20. The SMILES string of the molecule is NS(=O)(=O)c1cc(-c2ccncc2)cc(C(F)(F)F)c1-n1cccn1. The standard InChI is InChI=1S/C15H11F3N4O2S/c16-15(17,18)12-8-11(10-2-5-20-6-3-10)9-13(25(19,23)24)14(12)22-7-1-4-21-22/h1-9H,(H2,19,23,24). The first-order chi connectivity index (χ1) is 11.7. The summed E-state index contributed by atoms with van der Waals surface area (Å²) in [5.74, 6) is 0. The maximum absolute atomic E-state index is 13.6. The van der Waals surface area contributed by atoms with Gasteiger partial charge in [-0.15, -0.1) is 0 Å². The minimum Gasteiger partial charge on any atom is -0.265 e.